The molecular weight excluding hydrogens is 464 g/mol. The molecule has 164 valence electrons. The van der Waals surface area contributed by atoms with Gasteiger partial charge in [0.2, 0.25) is 0 Å². The van der Waals surface area contributed by atoms with Crippen LogP contribution >= 0.6 is 15.9 Å². The van der Waals surface area contributed by atoms with E-state index in [1.54, 1.807) is 42.5 Å². The summed E-state index contributed by atoms with van der Waals surface area (Å²) in [5, 5.41) is 11.1. The number of carbonyl (C=O) groups is 2. The van der Waals surface area contributed by atoms with Gasteiger partial charge in [-0.15, -0.1) is 0 Å². The molecule has 7 nitrogen and oxygen atoms in total. The molecule has 2 aromatic carbocycles. The van der Waals surface area contributed by atoms with Crippen LogP contribution in [0.5, 0.6) is 11.5 Å². The number of likely N-dealkylation sites (tertiary alicyclic amines) is 1. The molecule has 0 radical (unpaired) electrons. The number of aliphatic hydroxyl groups is 1. The highest BCUT2D eigenvalue weighted by Gasteiger charge is 2.47. The van der Waals surface area contributed by atoms with Crippen LogP contribution in [-0.2, 0) is 9.59 Å². The number of aliphatic hydroxyl groups excluding tert-OH is 1. The Kier molecular flexibility index (Phi) is 7.02. The Bertz CT molecular complexity index is 1020. The Hall–Kier alpha value is -2.84. The van der Waals surface area contributed by atoms with Gasteiger partial charge in [0.1, 0.15) is 5.76 Å². The summed E-state index contributed by atoms with van der Waals surface area (Å²) in [4.78, 5) is 29.5. The van der Waals surface area contributed by atoms with E-state index < -0.39 is 17.7 Å². The second-order valence-electron chi connectivity index (χ2n) is 7.39. The monoisotopic (exact) mass is 488 g/mol. The van der Waals surface area contributed by atoms with E-state index in [-0.39, 0.29) is 11.3 Å². The van der Waals surface area contributed by atoms with Crippen molar-refractivity contribution in [2.45, 2.75) is 6.04 Å². The predicted molar refractivity (Wildman–Crippen MR) is 121 cm³/mol. The minimum atomic E-state index is -0.811. The van der Waals surface area contributed by atoms with Crippen LogP contribution in [0.1, 0.15) is 17.2 Å². The first-order chi connectivity index (χ1) is 14.8. The van der Waals surface area contributed by atoms with Gasteiger partial charge in [0.15, 0.2) is 11.5 Å². The zero-order chi connectivity index (χ0) is 22.7. The van der Waals surface area contributed by atoms with Crippen LogP contribution in [0, 0.1) is 0 Å². The predicted octanol–water partition coefficient (Wildman–Crippen LogP) is 3.45. The molecule has 1 atom stereocenters. The van der Waals surface area contributed by atoms with E-state index in [1.807, 2.05) is 19.0 Å². The zero-order valence-corrected chi connectivity index (χ0v) is 19.5. The van der Waals surface area contributed by atoms with E-state index in [1.165, 1.54) is 19.1 Å². The Balaban J connectivity index is 2.23. The van der Waals surface area contributed by atoms with Crippen LogP contribution in [0.3, 0.4) is 0 Å². The first kappa shape index (κ1) is 22.8. The molecule has 1 aliphatic heterocycles. The molecular formula is C23H25BrN2O5. The van der Waals surface area contributed by atoms with E-state index in [0.29, 0.717) is 35.7 Å². The molecule has 3 rings (SSSR count). The van der Waals surface area contributed by atoms with Crippen molar-refractivity contribution in [2.24, 2.45) is 0 Å². The lowest BCUT2D eigenvalue weighted by molar-refractivity contribution is -0.140. The molecule has 1 amide bonds. The Morgan fingerprint density at radius 1 is 1.10 bits per heavy atom. The first-order valence-electron chi connectivity index (χ1n) is 9.70. The fourth-order valence-corrected chi connectivity index (χ4v) is 3.90. The van der Waals surface area contributed by atoms with Gasteiger partial charge in [-0.1, -0.05) is 40.2 Å². The number of nitrogens with zero attached hydrogens (tertiary/aromatic N) is 2. The molecule has 0 aromatic heterocycles. The zero-order valence-electron chi connectivity index (χ0n) is 17.9. The van der Waals surface area contributed by atoms with E-state index in [0.717, 1.165) is 4.47 Å². The molecule has 1 heterocycles. The van der Waals surface area contributed by atoms with Crippen LogP contribution in [0.4, 0.5) is 0 Å². The van der Waals surface area contributed by atoms with Gasteiger partial charge >= 0.3 is 0 Å². The number of Topliss-reactive ketones (excluding diaryl/α,β-unsaturated/α-hetero) is 1. The SMILES string of the molecule is COc1cccc(C2C(=C(O)c3ccc(Br)cc3)C(=O)C(=O)N2CCN(C)C)c1OC. The van der Waals surface area contributed by atoms with Crippen molar-refractivity contribution in [3.05, 3.63) is 63.6 Å². The Labute approximate surface area is 190 Å². The highest BCUT2D eigenvalue weighted by molar-refractivity contribution is 9.10. The van der Waals surface area contributed by atoms with Crippen molar-refractivity contribution in [1.29, 1.82) is 0 Å². The van der Waals surface area contributed by atoms with Crippen LogP contribution in [-0.4, -0.2) is 68.0 Å². The lowest BCUT2D eigenvalue weighted by atomic mass is 9.94. The number of benzene rings is 2. The number of methoxy groups -OCH3 is 2. The number of rotatable bonds is 7. The van der Waals surface area contributed by atoms with Crippen molar-refractivity contribution in [3.8, 4) is 11.5 Å². The maximum Gasteiger partial charge on any atom is 0.295 e. The molecule has 0 spiro atoms. The molecule has 31 heavy (non-hydrogen) atoms. The topological polar surface area (TPSA) is 79.3 Å². The summed E-state index contributed by atoms with van der Waals surface area (Å²) in [5.74, 6) is -0.729. The molecule has 0 saturated carbocycles. The van der Waals surface area contributed by atoms with Crippen LogP contribution in [0.15, 0.2) is 52.5 Å². The number of para-hydroxylation sites is 1. The number of halogens is 1. The summed E-state index contributed by atoms with van der Waals surface area (Å²) in [6, 6.07) is 11.4. The maximum absolute atomic E-state index is 13.1. The van der Waals surface area contributed by atoms with Crippen molar-refractivity contribution in [2.75, 3.05) is 41.4 Å². The summed E-state index contributed by atoms with van der Waals surface area (Å²) in [6.45, 7) is 0.855. The fraction of sp³-hybridized carbons (Fsp3) is 0.304. The van der Waals surface area contributed by atoms with Gasteiger partial charge < -0.3 is 24.4 Å². The molecule has 1 aliphatic rings. The third-order valence-electron chi connectivity index (χ3n) is 5.17. The van der Waals surface area contributed by atoms with Gasteiger partial charge in [-0.3, -0.25) is 9.59 Å². The van der Waals surface area contributed by atoms with E-state index in [2.05, 4.69) is 15.9 Å². The largest absolute Gasteiger partial charge is 0.507 e. The van der Waals surface area contributed by atoms with Gasteiger partial charge in [0.25, 0.3) is 11.7 Å². The lowest BCUT2D eigenvalue weighted by Crippen LogP contribution is -2.35. The van der Waals surface area contributed by atoms with Gasteiger partial charge in [0.05, 0.1) is 25.8 Å². The minimum absolute atomic E-state index is 0.0256. The fourth-order valence-electron chi connectivity index (χ4n) is 3.63. The summed E-state index contributed by atoms with van der Waals surface area (Å²) >= 11 is 3.36. The number of carbonyl (C=O) groups excluding carboxylic acids is 2. The Morgan fingerprint density at radius 3 is 2.35 bits per heavy atom. The van der Waals surface area contributed by atoms with Crippen molar-refractivity contribution < 1.29 is 24.2 Å². The quantitative estimate of drug-likeness (QED) is 0.365. The van der Waals surface area contributed by atoms with E-state index in [4.69, 9.17) is 9.47 Å². The maximum atomic E-state index is 13.1. The smallest absolute Gasteiger partial charge is 0.295 e. The second kappa shape index (κ2) is 9.53. The minimum Gasteiger partial charge on any atom is -0.507 e. The molecule has 0 bridgehead atoms. The second-order valence-corrected chi connectivity index (χ2v) is 8.30. The molecule has 1 saturated heterocycles. The molecule has 0 aliphatic carbocycles. The van der Waals surface area contributed by atoms with Gasteiger partial charge in [-0.2, -0.15) is 0 Å². The highest BCUT2D eigenvalue weighted by Crippen LogP contribution is 2.45. The number of ether oxygens (including phenoxy) is 2. The third kappa shape index (κ3) is 4.45. The number of likely N-dealkylation sites (N-methyl/N-ethyl adjacent to an activating group) is 1. The average Bonchev–Trinajstić information content (AvgIpc) is 3.01. The molecule has 8 heteroatoms. The van der Waals surface area contributed by atoms with E-state index in [9.17, 15) is 14.7 Å². The molecule has 2 aromatic rings. The van der Waals surface area contributed by atoms with Crippen molar-refractivity contribution in [1.82, 2.24) is 9.80 Å². The van der Waals surface area contributed by atoms with Crippen molar-refractivity contribution in [3.63, 3.8) is 0 Å². The summed E-state index contributed by atoms with van der Waals surface area (Å²) in [5.41, 5.74) is 1.04. The first-order valence-corrected chi connectivity index (χ1v) is 10.5. The van der Waals surface area contributed by atoms with Crippen LogP contribution in [0.25, 0.3) is 5.76 Å². The number of hydrogen-bond donors (Lipinski definition) is 1. The van der Waals surface area contributed by atoms with Crippen LogP contribution < -0.4 is 9.47 Å². The standard InChI is InChI=1S/C23H25BrN2O5/c1-25(2)12-13-26-19(16-6-5-7-17(30-3)22(16)31-4)18(21(28)23(26)29)20(27)14-8-10-15(24)11-9-14/h5-11,19,27H,12-13H2,1-4H3. The average molecular weight is 489 g/mol. The normalized spacial score (nSPS) is 18.0. The number of hydrogen-bond acceptors (Lipinski definition) is 6. The van der Waals surface area contributed by atoms with Crippen LogP contribution in [0.2, 0.25) is 0 Å². The molecule has 1 unspecified atom stereocenters. The van der Waals surface area contributed by atoms with Gasteiger partial charge in [-0.25, -0.2) is 0 Å². The van der Waals surface area contributed by atoms with Gasteiger partial charge in [0, 0.05) is 28.7 Å². The number of amides is 1. The van der Waals surface area contributed by atoms with E-state index >= 15 is 0 Å². The summed E-state index contributed by atoms with van der Waals surface area (Å²) < 4.78 is 11.8. The van der Waals surface area contributed by atoms with Gasteiger partial charge in [-0.05, 0) is 32.3 Å². The highest BCUT2D eigenvalue weighted by atomic mass is 79.9. The lowest BCUT2D eigenvalue weighted by Gasteiger charge is -2.28. The Morgan fingerprint density at radius 2 is 1.77 bits per heavy atom. The third-order valence-corrected chi connectivity index (χ3v) is 5.70. The summed E-state index contributed by atoms with van der Waals surface area (Å²) in [6.07, 6.45) is 0. The summed E-state index contributed by atoms with van der Waals surface area (Å²) in [7, 11) is 6.80. The molecule has 1 fully saturated rings. The molecule has 1 N–H and O–H groups in total. The number of ketones is 1. The van der Waals surface area contributed by atoms with Crippen molar-refractivity contribution >= 4 is 33.4 Å².